The standard InChI is InChI=1S/C32H44BrNO.ClH/c1-3-5-7-9-11-15-21-34(22-16-12-10-8-6-4-2)25-32(35)27-20-19-26-24-31(33)29-18-14-13-17-28(29)30(26)23-27;/h13-14,17-20,23-24H,3-12,15-16,21-22,25H2,1-2H3;1H. The van der Waals surface area contributed by atoms with Crippen molar-refractivity contribution in [2.45, 2.75) is 90.9 Å². The molecule has 0 saturated heterocycles. The number of carbonyl (C=O) groups excluding carboxylic acids is 1. The quantitative estimate of drug-likeness (QED) is 0.0908. The fraction of sp³-hybridized carbons (Fsp3) is 0.531. The molecule has 36 heavy (non-hydrogen) atoms. The molecule has 3 aromatic carbocycles. The van der Waals surface area contributed by atoms with Crippen LogP contribution in [-0.4, -0.2) is 30.3 Å². The number of hydrogen-bond acceptors (Lipinski definition) is 2. The Morgan fingerprint density at radius 3 is 1.86 bits per heavy atom. The monoisotopic (exact) mass is 573 g/mol. The smallest absolute Gasteiger partial charge is 0.176 e. The zero-order valence-corrected chi connectivity index (χ0v) is 24.8. The van der Waals surface area contributed by atoms with E-state index in [1.54, 1.807) is 0 Å². The second-order valence-electron chi connectivity index (χ2n) is 10.1. The van der Waals surface area contributed by atoms with E-state index in [1.165, 1.54) is 93.2 Å². The molecule has 3 aromatic rings. The number of halogens is 2. The number of nitrogens with zero attached hydrogens (tertiary/aromatic N) is 1. The van der Waals surface area contributed by atoms with Gasteiger partial charge in [0.25, 0.3) is 0 Å². The highest BCUT2D eigenvalue weighted by Gasteiger charge is 2.14. The summed E-state index contributed by atoms with van der Waals surface area (Å²) in [5, 5.41) is 4.72. The van der Waals surface area contributed by atoms with Crippen LogP contribution in [0.25, 0.3) is 21.5 Å². The van der Waals surface area contributed by atoms with Crippen molar-refractivity contribution < 1.29 is 4.79 Å². The Kier molecular flexibility index (Phi) is 14.7. The maximum Gasteiger partial charge on any atom is 0.176 e. The van der Waals surface area contributed by atoms with Crippen molar-refractivity contribution in [3.05, 3.63) is 58.6 Å². The van der Waals surface area contributed by atoms with E-state index in [0.717, 1.165) is 28.5 Å². The number of fused-ring (bicyclic) bond motifs is 3. The molecule has 0 bridgehead atoms. The molecule has 198 valence electrons. The molecule has 0 N–H and O–H groups in total. The lowest BCUT2D eigenvalue weighted by molar-refractivity contribution is 0.0927. The van der Waals surface area contributed by atoms with E-state index in [-0.39, 0.29) is 18.2 Å². The van der Waals surface area contributed by atoms with E-state index >= 15 is 0 Å². The molecule has 0 aliphatic heterocycles. The van der Waals surface area contributed by atoms with E-state index in [4.69, 9.17) is 0 Å². The van der Waals surface area contributed by atoms with Crippen molar-refractivity contribution in [3.63, 3.8) is 0 Å². The fourth-order valence-corrected chi connectivity index (χ4v) is 5.62. The van der Waals surface area contributed by atoms with E-state index < -0.39 is 0 Å². The van der Waals surface area contributed by atoms with Crippen LogP contribution in [0.1, 0.15) is 101 Å². The summed E-state index contributed by atoms with van der Waals surface area (Å²) < 4.78 is 1.10. The Hall–Kier alpha value is -1.42. The van der Waals surface area contributed by atoms with Gasteiger partial charge in [0.2, 0.25) is 0 Å². The van der Waals surface area contributed by atoms with Crippen molar-refractivity contribution in [2.75, 3.05) is 19.6 Å². The van der Waals surface area contributed by atoms with Crippen LogP contribution in [0.15, 0.2) is 53.0 Å². The predicted molar refractivity (Wildman–Crippen MR) is 164 cm³/mol. The maximum absolute atomic E-state index is 13.4. The summed E-state index contributed by atoms with van der Waals surface area (Å²) in [7, 11) is 0. The molecular weight excluding hydrogens is 530 g/mol. The van der Waals surface area contributed by atoms with Gasteiger partial charge in [-0.2, -0.15) is 0 Å². The summed E-state index contributed by atoms with van der Waals surface area (Å²) in [6.45, 7) is 7.14. The van der Waals surface area contributed by atoms with Crippen molar-refractivity contribution in [2.24, 2.45) is 0 Å². The van der Waals surface area contributed by atoms with Gasteiger partial charge in [0.1, 0.15) is 0 Å². The topological polar surface area (TPSA) is 20.3 Å². The number of rotatable bonds is 17. The van der Waals surface area contributed by atoms with Gasteiger partial charge < -0.3 is 0 Å². The molecule has 0 aromatic heterocycles. The van der Waals surface area contributed by atoms with Crippen LogP contribution < -0.4 is 0 Å². The Morgan fingerprint density at radius 2 is 1.25 bits per heavy atom. The van der Waals surface area contributed by atoms with E-state index in [9.17, 15) is 4.79 Å². The number of benzene rings is 3. The van der Waals surface area contributed by atoms with Crippen molar-refractivity contribution >= 4 is 55.7 Å². The van der Waals surface area contributed by atoms with Gasteiger partial charge in [-0.05, 0) is 59.6 Å². The van der Waals surface area contributed by atoms with Gasteiger partial charge in [-0.15, -0.1) is 12.4 Å². The maximum atomic E-state index is 13.4. The summed E-state index contributed by atoms with van der Waals surface area (Å²) in [6.07, 6.45) is 15.5. The fourth-order valence-electron chi connectivity index (χ4n) is 5.03. The summed E-state index contributed by atoms with van der Waals surface area (Å²) >= 11 is 3.71. The molecule has 0 atom stereocenters. The summed E-state index contributed by atoms with van der Waals surface area (Å²) in [5.41, 5.74) is 0.834. The second-order valence-corrected chi connectivity index (χ2v) is 10.9. The van der Waals surface area contributed by atoms with E-state index in [1.807, 2.05) is 6.07 Å². The minimum absolute atomic E-state index is 0. The number of hydrogen-bond donors (Lipinski definition) is 0. The molecule has 4 heteroatoms. The van der Waals surface area contributed by atoms with Gasteiger partial charge in [0.05, 0.1) is 6.54 Å². The minimum atomic E-state index is 0. The van der Waals surface area contributed by atoms with Gasteiger partial charge >= 0.3 is 0 Å². The summed E-state index contributed by atoms with van der Waals surface area (Å²) in [6, 6.07) is 16.8. The van der Waals surface area contributed by atoms with Crippen LogP contribution in [0.2, 0.25) is 0 Å². The zero-order chi connectivity index (χ0) is 24.9. The Bertz CT molecular complexity index is 1050. The van der Waals surface area contributed by atoms with Crippen LogP contribution in [0.5, 0.6) is 0 Å². The second kappa shape index (κ2) is 17.2. The molecule has 0 heterocycles. The van der Waals surface area contributed by atoms with Gasteiger partial charge in [-0.25, -0.2) is 0 Å². The molecule has 2 nitrogen and oxygen atoms in total. The molecule has 0 fully saturated rings. The lowest BCUT2D eigenvalue weighted by Gasteiger charge is -2.22. The largest absolute Gasteiger partial charge is 0.296 e. The lowest BCUT2D eigenvalue weighted by atomic mass is 9.98. The zero-order valence-electron chi connectivity index (χ0n) is 22.4. The number of Topliss-reactive ketones (excluding diaryl/α,β-unsaturated/α-hetero) is 1. The lowest BCUT2D eigenvalue weighted by Crippen LogP contribution is -2.32. The summed E-state index contributed by atoms with van der Waals surface area (Å²) in [4.78, 5) is 15.8. The highest BCUT2D eigenvalue weighted by molar-refractivity contribution is 9.10. The normalized spacial score (nSPS) is 11.3. The first-order valence-corrected chi connectivity index (χ1v) is 14.8. The molecule has 3 rings (SSSR count). The van der Waals surface area contributed by atoms with Gasteiger partial charge in [-0.1, -0.05) is 130 Å². The Balaban J connectivity index is 0.00000456. The van der Waals surface area contributed by atoms with Crippen molar-refractivity contribution in [3.8, 4) is 0 Å². The average molecular weight is 575 g/mol. The molecule has 0 radical (unpaired) electrons. The highest BCUT2D eigenvalue weighted by Crippen LogP contribution is 2.32. The van der Waals surface area contributed by atoms with Crippen LogP contribution in [0.4, 0.5) is 0 Å². The highest BCUT2D eigenvalue weighted by atomic mass is 79.9. The molecule has 0 aliphatic rings. The molecule has 0 spiro atoms. The van der Waals surface area contributed by atoms with Crippen LogP contribution >= 0.6 is 28.3 Å². The Morgan fingerprint density at radius 1 is 0.694 bits per heavy atom. The number of ketones is 1. The first kappa shape index (κ1) is 30.8. The average Bonchev–Trinajstić information content (AvgIpc) is 2.88. The van der Waals surface area contributed by atoms with Gasteiger partial charge in [-0.3, -0.25) is 9.69 Å². The molecule has 0 amide bonds. The van der Waals surface area contributed by atoms with Crippen molar-refractivity contribution in [1.29, 1.82) is 0 Å². The molecular formula is C32H45BrClNO. The molecule has 0 aliphatic carbocycles. The molecule has 0 unspecified atom stereocenters. The van der Waals surface area contributed by atoms with Gasteiger partial charge in [0.15, 0.2) is 5.78 Å². The Labute approximate surface area is 233 Å². The number of carbonyl (C=O) groups is 1. The minimum Gasteiger partial charge on any atom is -0.296 e. The van der Waals surface area contributed by atoms with Crippen molar-refractivity contribution in [1.82, 2.24) is 4.90 Å². The van der Waals surface area contributed by atoms with Crippen LogP contribution in [0.3, 0.4) is 0 Å². The first-order chi connectivity index (χ1) is 17.1. The molecule has 0 saturated carbocycles. The number of unbranched alkanes of at least 4 members (excludes halogenated alkanes) is 10. The van der Waals surface area contributed by atoms with E-state index in [2.05, 4.69) is 77.1 Å². The predicted octanol–water partition coefficient (Wildman–Crippen LogP) is 10.4. The van der Waals surface area contributed by atoms with Crippen LogP contribution in [0, 0.1) is 0 Å². The van der Waals surface area contributed by atoms with Crippen LogP contribution in [-0.2, 0) is 0 Å². The third kappa shape index (κ3) is 9.47. The first-order valence-electron chi connectivity index (χ1n) is 14.0. The third-order valence-corrected chi connectivity index (χ3v) is 7.81. The van der Waals surface area contributed by atoms with Gasteiger partial charge in [0, 0.05) is 10.0 Å². The SMILES string of the molecule is CCCCCCCCN(CCCCCCCC)CC(=O)c1ccc2cc(Br)c3ccccc3c2c1.Cl. The summed E-state index contributed by atoms with van der Waals surface area (Å²) in [5.74, 6) is 0.246. The van der Waals surface area contributed by atoms with E-state index in [0.29, 0.717) is 6.54 Å². The third-order valence-electron chi connectivity index (χ3n) is 7.16.